The van der Waals surface area contributed by atoms with Crippen LogP contribution < -0.4 is 10.2 Å². The second kappa shape index (κ2) is 5.63. The Bertz CT molecular complexity index is 1020. The molecule has 27 heavy (non-hydrogen) atoms. The molecule has 2 saturated heterocycles. The number of nitrogens with one attached hydrogen (secondary N) is 1. The molecule has 2 unspecified atom stereocenters. The van der Waals surface area contributed by atoms with E-state index in [1.165, 1.54) is 12.1 Å². The van der Waals surface area contributed by atoms with Crippen LogP contribution in [-0.4, -0.2) is 44.4 Å². The molecule has 3 aliphatic heterocycles. The molecule has 0 saturated carbocycles. The second-order valence-corrected chi connectivity index (χ2v) is 7.54. The Kier molecular flexibility index (Phi) is 3.19. The maximum atomic E-state index is 13.7. The number of hydrogen-bond donors (Lipinski definition) is 1. The summed E-state index contributed by atoms with van der Waals surface area (Å²) in [6, 6.07) is 4.96. The molecule has 6 rings (SSSR count). The predicted octanol–water partition coefficient (Wildman–Crippen LogP) is 2.85. The van der Waals surface area contributed by atoms with Gasteiger partial charge in [0.05, 0.1) is 41.8 Å². The number of benzene rings is 1. The first-order chi connectivity index (χ1) is 13.2. The van der Waals surface area contributed by atoms with Gasteiger partial charge in [0.2, 0.25) is 5.95 Å². The predicted molar refractivity (Wildman–Crippen MR) is 98.5 cm³/mol. The van der Waals surface area contributed by atoms with Crippen molar-refractivity contribution in [2.75, 3.05) is 16.9 Å². The highest BCUT2D eigenvalue weighted by Crippen LogP contribution is 2.39. The Hall–Kier alpha value is -2.74. The SMILES string of the molecule is Fc1ccc2ncn(-c3ncc4c(n3)N(C3CC5CCC(C3)O5)CN4)c2c1. The van der Waals surface area contributed by atoms with Gasteiger partial charge in [-0.3, -0.25) is 4.57 Å². The fourth-order valence-corrected chi connectivity index (χ4v) is 4.60. The molecule has 2 bridgehead atoms. The third kappa shape index (κ3) is 2.39. The zero-order valence-electron chi connectivity index (χ0n) is 14.7. The third-order valence-corrected chi connectivity index (χ3v) is 5.90. The standard InChI is InChI=1S/C19H19FN6O/c20-11-1-4-15-17(5-11)26(10-22-15)19-21-8-16-18(24-19)25(9-23-16)12-6-13-2-3-14(7-12)27-13/h1,4-5,8,10,12-14,23H,2-3,6-7,9H2. The summed E-state index contributed by atoms with van der Waals surface area (Å²) in [7, 11) is 0. The molecule has 0 aliphatic carbocycles. The number of anilines is 2. The molecule has 0 radical (unpaired) electrons. The summed E-state index contributed by atoms with van der Waals surface area (Å²) in [5, 5.41) is 3.39. The van der Waals surface area contributed by atoms with Crippen LogP contribution in [0.4, 0.5) is 15.9 Å². The minimum atomic E-state index is -0.300. The monoisotopic (exact) mass is 366 g/mol. The Labute approximate surface area is 155 Å². The number of nitrogens with zero attached hydrogens (tertiary/aromatic N) is 5. The molecular formula is C19H19FN6O. The van der Waals surface area contributed by atoms with Gasteiger partial charge in [-0.2, -0.15) is 4.98 Å². The number of halogens is 1. The summed E-state index contributed by atoms with van der Waals surface area (Å²) in [5.41, 5.74) is 2.32. The lowest BCUT2D eigenvalue weighted by Gasteiger charge is -2.35. The summed E-state index contributed by atoms with van der Waals surface area (Å²) in [6.07, 6.45) is 8.60. The third-order valence-electron chi connectivity index (χ3n) is 5.90. The van der Waals surface area contributed by atoms with Crippen molar-refractivity contribution in [3.8, 4) is 5.95 Å². The summed E-state index contributed by atoms with van der Waals surface area (Å²) in [5.74, 6) is 1.11. The van der Waals surface area contributed by atoms with Crippen molar-refractivity contribution in [3.05, 3.63) is 36.5 Å². The summed E-state index contributed by atoms with van der Waals surface area (Å²) >= 11 is 0. The average Bonchev–Trinajstić information content (AvgIpc) is 3.37. The maximum absolute atomic E-state index is 13.7. The van der Waals surface area contributed by atoms with Crippen molar-refractivity contribution in [2.24, 2.45) is 0 Å². The van der Waals surface area contributed by atoms with E-state index in [1.807, 2.05) is 0 Å². The van der Waals surface area contributed by atoms with E-state index in [9.17, 15) is 4.39 Å². The Morgan fingerprint density at radius 1 is 1.15 bits per heavy atom. The molecule has 1 aromatic carbocycles. The van der Waals surface area contributed by atoms with Gasteiger partial charge in [0, 0.05) is 12.1 Å². The van der Waals surface area contributed by atoms with Crippen LogP contribution in [0.3, 0.4) is 0 Å². The molecule has 3 aliphatic rings. The van der Waals surface area contributed by atoms with Crippen LogP contribution in [0.5, 0.6) is 0 Å². The first-order valence-electron chi connectivity index (χ1n) is 9.40. The van der Waals surface area contributed by atoms with Crippen molar-refractivity contribution in [1.82, 2.24) is 19.5 Å². The molecule has 0 spiro atoms. The van der Waals surface area contributed by atoms with Crippen LogP contribution in [0.15, 0.2) is 30.7 Å². The number of imidazole rings is 1. The lowest BCUT2D eigenvalue weighted by molar-refractivity contribution is -0.00351. The van der Waals surface area contributed by atoms with E-state index < -0.39 is 0 Å². The molecule has 1 N–H and O–H groups in total. The highest BCUT2D eigenvalue weighted by Gasteiger charge is 2.39. The average molecular weight is 366 g/mol. The van der Waals surface area contributed by atoms with Crippen LogP contribution in [0.25, 0.3) is 17.0 Å². The van der Waals surface area contributed by atoms with E-state index >= 15 is 0 Å². The van der Waals surface area contributed by atoms with Crippen molar-refractivity contribution >= 4 is 22.5 Å². The van der Waals surface area contributed by atoms with Crippen LogP contribution >= 0.6 is 0 Å². The van der Waals surface area contributed by atoms with Gasteiger partial charge in [-0.25, -0.2) is 14.4 Å². The zero-order chi connectivity index (χ0) is 18.0. The summed E-state index contributed by atoms with van der Waals surface area (Å²) in [4.78, 5) is 15.9. The van der Waals surface area contributed by atoms with E-state index in [2.05, 4.69) is 20.2 Å². The first-order valence-corrected chi connectivity index (χ1v) is 9.40. The van der Waals surface area contributed by atoms with Gasteiger partial charge in [0.15, 0.2) is 5.82 Å². The van der Waals surface area contributed by atoms with E-state index in [0.717, 1.165) is 49.4 Å². The van der Waals surface area contributed by atoms with Gasteiger partial charge in [-0.15, -0.1) is 0 Å². The number of rotatable bonds is 2. The van der Waals surface area contributed by atoms with Crippen molar-refractivity contribution in [2.45, 2.75) is 43.9 Å². The molecule has 3 aromatic rings. The number of fused-ring (bicyclic) bond motifs is 4. The van der Waals surface area contributed by atoms with Gasteiger partial charge in [-0.1, -0.05) is 0 Å². The Morgan fingerprint density at radius 2 is 2.00 bits per heavy atom. The lowest BCUT2D eigenvalue weighted by atomic mass is 10.0. The summed E-state index contributed by atoms with van der Waals surface area (Å²) < 4.78 is 21.4. The topological polar surface area (TPSA) is 68.1 Å². The molecule has 0 amide bonds. The fraction of sp³-hybridized carbons (Fsp3) is 0.421. The fourth-order valence-electron chi connectivity index (χ4n) is 4.60. The minimum absolute atomic E-state index is 0.300. The summed E-state index contributed by atoms with van der Waals surface area (Å²) in [6.45, 7) is 0.733. The van der Waals surface area contributed by atoms with Crippen LogP contribution in [0.1, 0.15) is 25.7 Å². The van der Waals surface area contributed by atoms with Gasteiger partial charge in [-0.05, 0) is 37.8 Å². The highest BCUT2D eigenvalue weighted by molar-refractivity contribution is 5.77. The molecule has 8 heteroatoms. The Balaban J connectivity index is 1.39. The van der Waals surface area contributed by atoms with Gasteiger partial charge >= 0.3 is 0 Å². The van der Waals surface area contributed by atoms with E-state index in [0.29, 0.717) is 29.7 Å². The number of aromatic nitrogens is 4. The number of ether oxygens (including phenoxy) is 1. The zero-order valence-corrected chi connectivity index (χ0v) is 14.7. The van der Waals surface area contributed by atoms with E-state index in [1.54, 1.807) is 23.2 Å². The molecule has 2 fully saturated rings. The smallest absolute Gasteiger partial charge is 0.237 e. The quantitative estimate of drug-likeness (QED) is 0.752. The first kappa shape index (κ1) is 15.3. The van der Waals surface area contributed by atoms with Gasteiger partial charge in [0.1, 0.15) is 12.1 Å². The normalized spacial score (nSPS) is 26.4. The van der Waals surface area contributed by atoms with Crippen LogP contribution in [-0.2, 0) is 4.74 Å². The minimum Gasteiger partial charge on any atom is -0.375 e. The maximum Gasteiger partial charge on any atom is 0.237 e. The highest BCUT2D eigenvalue weighted by atomic mass is 19.1. The van der Waals surface area contributed by atoms with Gasteiger partial charge < -0.3 is 15.0 Å². The van der Waals surface area contributed by atoms with Crippen molar-refractivity contribution < 1.29 is 9.13 Å². The van der Waals surface area contributed by atoms with E-state index in [4.69, 9.17) is 9.72 Å². The van der Waals surface area contributed by atoms with Gasteiger partial charge in [0.25, 0.3) is 0 Å². The molecule has 2 aromatic heterocycles. The van der Waals surface area contributed by atoms with E-state index in [-0.39, 0.29) is 5.82 Å². The van der Waals surface area contributed by atoms with Crippen LogP contribution in [0, 0.1) is 5.82 Å². The largest absolute Gasteiger partial charge is 0.375 e. The molecule has 138 valence electrons. The molecular weight excluding hydrogens is 347 g/mol. The van der Waals surface area contributed by atoms with Crippen molar-refractivity contribution in [1.29, 1.82) is 0 Å². The molecule has 2 atom stereocenters. The second-order valence-electron chi connectivity index (χ2n) is 7.54. The lowest BCUT2D eigenvalue weighted by Crippen LogP contribution is -2.42. The molecule has 7 nitrogen and oxygen atoms in total. The van der Waals surface area contributed by atoms with Crippen LogP contribution in [0.2, 0.25) is 0 Å². The number of hydrogen-bond acceptors (Lipinski definition) is 6. The molecule has 5 heterocycles. The Morgan fingerprint density at radius 3 is 2.85 bits per heavy atom. The van der Waals surface area contributed by atoms with Crippen molar-refractivity contribution in [3.63, 3.8) is 0 Å².